The molecule has 1 aliphatic heterocycles. The zero-order chi connectivity index (χ0) is 30.2. The Bertz CT molecular complexity index is 1820. The van der Waals surface area contributed by atoms with Gasteiger partial charge in [0, 0.05) is 34.8 Å². The number of rotatable bonds is 6. The SMILES string of the molecule is Nc1nccn2c([C@@H]3C[C@@H](F)CN3C(=O)OCc3ccccc3)nc(-c3ccc(C(=O)Nc4nc5c(s4)CCCC5)cc3)c12. The largest absolute Gasteiger partial charge is 0.445 e. The van der Waals surface area contributed by atoms with Crippen LogP contribution in [0.2, 0.25) is 0 Å². The standard InChI is InChI=1S/C32H30FN7O3S/c33-22-16-24(40(17-22)32(42)43-18-19-6-2-1-3-7-19)29-37-26(27-28(34)35-14-15-39(27)29)20-10-12-21(13-11-20)30(41)38-31-36-23-8-4-5-9-25(23)44-31/h1-3,6-7,10-15,22,24H,4-5,8-9,16-18H2,(H2,34,35)(H,36,38,41)/t22-,24+/m1/s1. The van der Waals surface area contributed by atoms with Crippen molar-refractivity contribution in [2.75, 3.05) is 17.6 Å². The Morgan fingerprint density at radius 2 is 1.86 bits per heavy atom. The predicted molar refractivity (Wildman–Crippen MR) is 165 cm³/mol. The maximum absolute atomic E-state index is 14.8. The molecule has 2 amide bonds. The molecule has 44 heavy (non-hydrogen) atoms. The first-order valence-corrected chi connectivity index (χ1v) is 15.4. The number of nitrogens with two attached hydrogens (primary N) is 1. The number of ether oxygens (including phenoxy) is 1. The molecule has 10 nitrogen and oxygen atoms in total. The molecular formula is C32H30FN7O3S. The van der Waals surface area contributed by atoms with E-state index in [-0.39, 0.29) is 31.3 Å². The van der Waals surface area contributed by atoms with Crippen molar-refractivity contribution in [3.8, 4) is 11.3 Å². The number of halogens is 1. The van der Waals surface area contributed by atoms with E-state index in [0.29, 0.717) is 33.3 Å². The first kappa shape index (κ1) is 28.0. The number of amides is 2. The van der Waals surface area contributed by atoms with Crippen LogP contribution in [-0.4, -0.2) is 49.0 Å². The molecule has 2 atom stereocenters. The van der Waals surface area contributed by atoms with Crippen LogP contribution in [0.15, 0.2) is 67.0 Å². The van der Waals surface area contributed by atoms with Gasteiger partial charge in [-0.3, -0.25) is 19.4 Å². The predicted octanol–water partition coefficient (Wildman–Crippen LogP) is 5.99. The fraction of sp³-hybridized carbons (Fsp3) is 0.281. The van der Waals surface area contributed by atoms with Gasteiger partial charge in [0.2, 0.25) is 0 Å². The van der Waals surface area contributed by atoms with Gasteiger partial charge in [-0.2, -0.15) is 0 Å². The number of nitrogens with one attached hydrogen (secondary N) is 1. The number of thiazole rings is 1. The van der Waals surface area contributed by atoms with Gasteiger partial charge < -0.3 is 10.5 Å². The maximum atomic E-state index is 14.8. The second-order valence-corrected chi connectivity index (χ2v) is 12.1. The van der Waals surface area contributed by atoms with Gasteiger partial charge in [-0.05, 0) is 43.4 Å². The smallest absolute Gasteiger partial charge is 0.410 e. The molecule has 0 bridgehead atoms. The molecule has 3 N–H and O–H groups in total. The molecule has 2 aliphatic rings. The number of nitrogens with zero attached hydrogens (tertiary/aromatic N) is 5. The summed E-state index contributed by atoms with van der Waals surface area (Å²) in [5, 5.41) is 3.54. The Labute approximate surface area is 256 Å². The quantitative estimate of drug-likeness (QED) is 0.242. The van der Waals surface area contributed by atoms with Crippen molar-refractivity contribution < 1.29 is 18.7 Å². The molecule has 0 radical (unpaired) electrons. The van der Waals surface area contributed by atoms with Gasteiger partial charge in [0.15, 0.2) is 5.13 Å². The Morgan fingerprint density at radius 3 is 2.66 bits per heavy atom. The molecule has 7 rings (SSSR count). The number of alkyl halides is 1. The molecule has 1 fully saturated rings. The van der Waals surface area contributed by atoms with Crippen LogP contribution in [0.1, 0.15) is 57.6 Å². The highest BCUT2D eigenvalue weighted by atomic mass is 32.1. The molecule has 4 heterocycles. The van der Waals surface area contributed by atoms with Crippen molar-refractivity contribution >= 4 is 39.8 Å². The van der Waals surface area contributed by atoms with Gasteiger partial charge in [-0.1, -0.05) is 42.5 Å². The molecule has 0 spiro atoms. The minimum absolute atomic E-state index is 0.0700. The molecule has 3 aromatic heterocycles. The van der Waals surface area contributed by atoms with Crippen LogP contribution in [0.3, 0.4) is 0 Å². The second kappa shape index (κ2) is 11.7. The molecule has 2 aromatic carbocycles. The number of likely N-dealkylation sites (tertiary alicyclic amines) is 1. The zero-order valence-electron chi connectivity index (χ0n) is 23.8. The fourth-order valence-electron chi connectivity index (χ4n) is 5.91. The van der Waals surface area contributed by atoms with Gasteiger partial charge in [0.25, 0.3) is 5.91 Å². The molecule has 224 valence electrons. The van der Waals surface area contributed by atoms with E-state index in [0.717, 1.165) is 36.9 Å². The molecule has 5 aromatic rings. The van der Waals surface area contributed by atoms with E-state index in [1.165, 1.54) is 21.1 Å². The van der Waals surface area contributed by atoms with E-state index >= 15 is 0 Å². The summed E-state index contributed by atoms with van der Waals surface area (Å²) in [7, 11) is 0. The van der Waals surface area contributed by atoms with Crippen LogP contribution in [0.5, 0.6) is 0 Å². The molecule has 1 aliphatic carbocycles. The van der Waals surface area contributed by atoms with Crippen molar-refractivity contribution in [3.63, 3.8) is 0 Å². The van der Waals surface area contributed by atoms with Crippen LogP contribution in [-0.2, 0) is 24.2 Å². The van der Waals surface area contributed by atoms with Gasteiger partial charge in [-0.25, -0.2) is 24.1 Å². The highest BCUT2D eigenvalue weighted by Gasteiger charge is 2.40. The minimum Gasteiger partial charge on any atom is -0.445 e. The van der Waals surface area contributed by atoms with E-state index in [1.54, 1.807) is 41.1 Å². The van der Waals surface area contributed by atoms with Crippen LogP contribution in [0.25, 0.3) is 16.8 Å². The summed E-state index contributed by atoms with van der Waals surface area (Å²) in [4.78, 5) is 42.5. The van der Waals surface area contributed by atoms with Gasteiger partial charge >= 0.3 is 6.09 Å². The maximum Gasteiger partial charge on any atom is 0.410 e. The van der Waals surface area contributed by atoms with Crippen LogP contribution >= 0.6 is 11.3 Å². The van der Waals surface area contributed by atoms with Crippen molar-refractivity contribution in [2.45, 2.75) is 50.9 Å². The Morgan fingerprint density at radius 1 is 1.07 bits per heavy atom. The molecular weight excluding hydrogens is 581 g/mol. The number of hydrogen-bond acceptors (Lipinski definition) is 8. The van der Waals surface area contributed by atoms with Crippen molar-refractivity contribution in [2.24, 2.45) is 0 Å². The average molecular weight is 612 g/mol. The topological polar surface area (TPSA) is 128 Å². The van der Waals surface area contributed by atoms with E-state index in [2.05, 4.69) is 15.3 Å². The fourth-order valence-corrected chi connectivity index (χ4v) is 6.96. The first-order valence-electron chi connectivity index (χ1n) is 14.6. The third-order valence-electron chi connectivity index (χ3n) is 8.08. The summed E-state index contributed by atoms with van der Waals surface area (Å²) in [5.41, 5.74) is 10.5. The Balaban J connectivity index is 1.15. The highest BCUT2D eigenvalue weighted by Crippen LogP contribution is 2.38. The summed E-state index contributed by atoms with van der Waals surface area (Å²) in [6.45, 7) is -0.0237. The number of carbonyl (C=O) groups is 2. The summed E-state index contributed by atoms with van der Waals surface area (Å²) >= 11 is 1.54. The van der Waals surface area contributed by atoms with E-state index in [4.69, 9.17) is 15.5 Å². The average Bonchev–Trinajstić information content (AvgIpc) is 3.75. The summed E-state index contributed by atoms with van der Waals surface area (Å²) < 4.78 is 22.1. The molecule has 0 saturated carbocycles. The van der Waals surface area contributed by atoms with E-state index < -0.39 is 18.3 Å². The zero-order valence-corrected chi connectivity index (χ0v) is 24.6. The number of aromatic nitrogens is 4. The monoisotopic (exact) mass is 611 g/mol. The van der Waals surface area contributed by atoms with Crippen molar-refractivity contribution in [1.29, 1.82) is 0 Å². The summed E-state index contributed by atoms with van der Waals surface area (Å²) in [6, 6.07) is 15.7. The number of anilines is 2. The Kier molecular flexibility index (Phi) is 7.42. The third-order valence-corrected chi connectivity index (χ3v) is 9.16. The van der Waals surface area contributed by atoms with Gasteiger partial charge in [-0.15, -0.1) is 11.3 Å². The van der Waals surface area contributed by atoms with Crippen LogP contribution in [0.4, 0.5) is 20.1 Å². The van der Waals surface area contributed by atoms with E-state index in [9.17, 15) is 14.0 Å². The lowest BCUT2D eigenvalue weighted by atomic mass is 10.0. The van der Waals surface area contributed by atoms with Crippen LogP contribution in [0, 0.1) is 0 Å². The number of benzene rings is 2. The number of imidazole rings is 1. The first-order chi connectivity index (χ1) is 21.4. The third kappa shape index (κ3) is 5.37. The second-order valence-electron chi connectivity index (χ2n) is 11.0. The normalized spacial score (nSPS) is 17.9. The van der Waals surface area contributed by atoms with Gasteiger partial charge in [0.05, 0.1) is 18.3 Å². The molecule has 12 heteroatoms. The van der Waals surface area contributed by atoms with Crippen LogP contribution < -0.4 is 11.1 Å². The van der Waals surface area contributed by atoms with Gasteiger partial charge in [0.1, 0.15) is 35.6 Å². The lowest BCUT2D eigenvalue weighted by Crippen LogP contribution is -2.32. The van der Waals surface area contributed by atoms with E-state index in [1.807, 2.05) is 30.3 Å². The number of fused-ring (bicyclic) bond motifs is 2. The lowest BCUT2D eigenvalue weighted by Gasteiger charge is -2.23. The Hall–Kier alpha value is -4.84. The highest BCUT2D eigenvalue weighted by molar-refractivity contribution is 7.15. The molecule has 0 unspecified atom stereocenters. The number of carbonyl (C=O) groups excluding carboxylic acids is 2. The summed E-state index contributed by atoms with van der Waals surface area (Å²) in [5.74, 6) is 0.447. The number of nitrogen functional groups attached to an aromatic ring is 1. The molecule has 1 saturated heterocycles. The minimum atomic E-state index is -1.24. The number of aryl methyl sites for hydroxylation is 2. The van der Waals surface area contributed by atoms with Crippen molar-refractivity contribution in [3.05, 3.63) is 94.5 Å². The lowest BCUT2D eigenvalue weighted by molar-refractivity contribution is 0.0893. The van der Waals surface area contributed by atoms with Crippen molar-refractivity contribution in [1.82, 2.24) is 24.3 Å². The summed E-state index contributed by atoms with van der Waals surface area (Å²) in [6.07, 6.45) is 5.70. The number of hydrogen-bond donors (Lipinski definition) is 2.